The fourth-order valence-corrected chi connectivity index (χ4v) is 3.64. The molecule has 128 valence electrons. The number of carbonyl (C=O) groups excluding carboxylic acids is 1. The topological polar surface area (TPSA) is 45.3 Å². The number of aryl methyl sites for hydroxylation is 1. The molecular formula is C21H22N2O2. The summed E-state index contributed by atoms with van der Waals surface area (Å²) in [5.74, 6) is 0.859. The summed E-state index contributed by atoms with van der Waals surface area (Å²) < 4.78 is 5.17. The zero-order valence-electron chi connectivity index (χ0n) is 14.6. The molecule has 0 radical (unpaired) electrons. The van der Waals surface area contributed by atoms with Crippen molar-refractivity contribution in [3.8, 4) is 5.75 Å². The van der Waals surface area contributed by atoms with E-state index in [0.29, 0.717) is 5.56 Å². The fourth-order valence-electron chi connectivity index (χ4n) is 3.64. The molecule has 4 heteroatoms. The number of aromatic amines is 1. The van der Waals surface area contributed by atoms with Crippen LogP contribution >= 0.6 is 0 Å². The molecule has 1 aromatic heterocycles. The summed E-state index contributed by atoms with van der Waals surface area (Å²) in [7, 11) is 1.63. The molecule has 0 unspecified atom stereocenters. The van der Waals surface area contributed by atoms with Gasteiger partial charge in [-0.3, -0.25) is 4.79 Å². The van der Waals surface area contributed by atoms with E-state index >= 15 is 0 Å². The van der Waals surface area contributed by atoms with Crippen molar-refractivity contribution in [3.05, 3.63) is 64.8 Å². The lowest BCUT2D eigenvalue weighted by Gasteiger charge is -2.20. The van der Waals surface area contributed by atoms with Gasteiger partial charge in [-0.2, -0.15) is 0 Å². The minimum Gasteiger partial charge on any atom is -0.497 e. The smallest absolute Gasteiger partial charge is 0.253 e. The van der Waals surface area contributed by atoms with Gasteiger partial charge in [-0.15, -0.1) is 0 Å². The molecule has 0 atom stereocenters. The van der Waals surface area contributed by atoms with Crippen LogP contribution in [0.1, 0.15) is 27.2 Å². The third kappa shape index (κ3) is 2.88. The van der Waals surface area contributed by atoms with Crippen molar-refractivity contribution >= 4 is 16.8 Å². The second kappa shape index (κ2) is 6.28. The number of fused-ring (bicyclic) bond motifs is 3. The number of carbonyl (C=O) groups is 1. The molecule has 2 heterocycles. The number of nitrogens with zero attached hydrogens (tertiary/aromatic N) is 1. The molecule has 0 aliphatic carbocycles. The number of hydrogen-bond donors (Lipinski definition) is 1. The Balaban J connectivity index is 1.56. The van der Waals surface area contributed by atoms with Crippen molar-refractivity contribution in [2.75, 3.05) is 20.2 Å². The van der Waals surface area contributed by atoms with Crippen LogP contribution in [0.15, 0.2) is 42.5 Å². The SMILES string of the molecule is COc1ccc(C(=O)N2CCc3[nH]c4ccc(C)cc4c3CC2)cc1. The number of benzene rings is 2. The van der Waals surface area contributed by atoms with E-state index in [2.05, 4.69) is 30.1 Å². The summed E-state index contributed by atoms with van der Waals surface area (Å²) in [6.07, 6.45) is 1.76. The molecule has 1 aliphatic heterocycles. The Morgan fingerprint density at radius 1 is 1.08 bits per heavy atom. The highest BCUT2D eigenvalue weighted by Crippen LogP contribution is 2.27. The van der Waals surface area contributed by atoms with Gasteiger partial charge in [0.15, 0.2) is 0 Å². The number of nitrogens with one attached hydrogen (secondary N) is 1. The summed E-state index contributed by atoms with van der Waals surface area (Å²) in [4.78, 5) is 18.3. The van der Waals surface area contributed by atoms with E-state index in [4.69, 9.17) is 4.74 Å². The average molecular weight is 334 g/mol. The van der Waals surface area contributed by atoms with Crippen LogP contribution in [0.2, 0.25) is 0 Å². The molecule has 0 saturated heterocycles. The third-order valence-electron chi connectivity index (χ3n) is 5.04. The Bertz CT molecular complexity index is 925. The van der Waals surface area contributed by atoms with Gasteiger partial charge in [-0.05, 0) is 55.3 Å². The summed E-state index contributed by atoms with van der Waals surface area (Å²) in [5, 5.41) is 1.30. The Morgan fingerprint density at radius 2 is 1.84 bits per heavy atom. The first-order chi connectivity index (χ1) is 12.2. The standard InChI is InChI=1S/C21H22N2O2/c1-14-3-8-19-18(13-14)17-9-11-23(12-10-20(17)22-19)21(24)15-4-6-16(25-2)7-5-15/h3-8,13,22H,9-12H2,1-2H3. The predicted molar refractivity (Wildman–Crippen MR) is 99.3 cm³/mol. The predicted octanol–water partition coefficient (Wildman–Crippen LogP) is 3.73. The molecule has 2 aromatic carbocycles. The molecule has 1 aliphatic rings. The molecule has 4 rings (SSSR count). The first-order valence-electron chi connectivity index (χ1n) is 8.69. The number of aromatic nitrogens is 1. The molecule has 0 saturated carbocycles. The zero-order chi connectivity index (χ0) is 17.4. The Kier molecular flexibility index (Phi) is 3.96. The van der Waals surface area contributed by atoms with E-state index in [1.807, 2.05) is 29.2 Å². The van der Waals surface area contributed by atoms with Gasteiger partial charge >= 0.3 is 0 Å². The van der Waals surface area contributed by atoms with Crippen molar-refractivity contribution in [1.82, 2.24) is 9.88 Å². The second-order valence-corrected chi connectivity index (χ2v) is 6.65. The normalized spacial score (nSPS) is 14.2. The highest BCUT2D eigenvalue weighted by molar-refractivity contribution is 5.94. The number of ether oxygens (including phenoxy) is 1. The van der Waals surface area contributed by atoms with Crippen LogP contribution in [-0.2, 0) is 12.8 Å². The lowest BCUT2D eigenvalue weighted by Crippen LogP contribution is -2.33. The summed E-state index contributed by atoms with van der Waals surface area (Å²) in [5.41, 5.74) is 5.82. The zero-order valence-corrected chi connectivity index (χ0v) is 14.6. The quantitative estimate of drug-likeness (QED) is 0.776. The minimum absolute atomic E-state index is 0.0910. The molecule has 1 N–H and O–H groups in total. The third-order valence-corrected chi connectivity index (χ3v) is 5.04. The van der Waals surface area contributed by atoms with E-state index in [9.17, 15) is 4.79 Å². The number of methoxy groups -OCH3 is 1. The maximum Gasteiger partial charge on any atom is 0.253 e. The van der Waals surface area contributed by atoms with Crippen molar-refractivity contribution in [3.63, 3.8) is 0 Å². The fraction of sp³-hybridized carbons (Fsp3) is 0.286. The second-order valence-electron chi connectivity index (χ2n) is 6.65. The van der Waals surface area contributed by atoms with E-state index in [1.54, 1.807) is 7.11 Å². The van der Waals surface area contributed by atoms with E-state index < -0.39 is 0 Å². The molecule has 0 fully saturated rings. The van der Waals surface area contributed by atoms with Crippen LogP contribution in [0.5, 0.6) is 5.75 Å². The molecular weight excluding hydrogens is 312 g/mol. The molecule has 4 nitrogen and oxygen atoms in total. The number of H-pyrrole nitrogens is 1. The molecule has 25 heavy (non-hydrogen) atoms. The number of amides is 1. The van der Waals surface area contributed by atoms with Crippen LogP contribution in [-0.4, -0.2) is 36.0 Å². The van der Waals surface area contributed by atoms with Gasteiger partial charge in [0.05, 0.1) is 7.11 Å². The summed E-state index contributed by atoms with van der Waals surface area (Å²) in [6, 6.07) is 13.9. The van der Waals surface area contributed by atoms with Crippen molar-refractivity contribution < 1.29 is 9.53 Å². The van der Waals surface area contributed by atoms with Gasteiger partial charge in [0.25, 0.3) is 5.91 Å². The van der Waals surface area contributed by atoms with Gasteiger partial charge in [0.1, 0.15) is 5.75 Å². The van der Waals surface area contributed by atoms with Crippen molar-refractivity contribution in [1.29, 1.82) is 0 Å². The largest absolute Gasteiger partial charge is 0.497 e. The van der Waals surface area contributed by atoms with Gasteiger partial charge < -0.3 is 14.6 Å². The highest BCUT2D eigenvalue weighted by atomic mass is 16.5. The van der Waals surface area contributed by atoms with Crippen LogP contribution < -0.4 is 4.74 Å². The van der Waals surface area contributed by atoms with E-state index in [0.717, 1.165) is 31.7 Å². The van der Waals surface area contributed by atoms with Crippen LogP contribution in [0.4, 0.5) is 0 Å². The lowest BCUT2D eigenvalue weighted by atomic mass is 10.1. The minimum atomic E-state index is 0.0910. The Labute approximate surface area is 147 Å². The lowest BCUT2D eigenvalue weighted by molar-refractivity contribution is 0.0763. The maximum atomic E-state index is 12.8. The summed E-state index contributed by atoms with van der Waals surface area (Å²) >= 11 is 0. The molecule has 0 bridgehead atoms. The first kappa shape index (κ1) is 15.8. The molecule has 0 spiro atoms. The van der Waals surface area contributed by atoms with Gasteiger partial charge in [-0.1, -0.05) is 11.6 Å². The summed E-state index contributed by atoms with van der Waals surface area (Å²) in [6.45, 7) is 3.61. The van der Waals surface area contributed by atoms with Gasteiger partial charge in [-0.25, -0.2) is 0 Å². The first-order valence-corrected chi connectivity index (χ1v) is 8.69. The number of rotatable bonds is 2. The van der Waals surface area contributed by atoms with Gasteiger partial charge in [0.2, 0.25) is 0 Å². The van der Waals surface area contributed by atoms with E-state index in [1.165, 1.54) is 27.7 Å². The Morgan fingerprint density at radius 3 is 2.60 bits per heavy atom. The van der Waals surface area contributed by atoms with E-state index in [-0.39, 0.29) is 5.91 Å². The number of hydrogen-bond acceptors (Lipinski definition) is 2. The monoisotopic (exact) mass is 334 g/mol. The Hall–Kier alpha value is -2.75. The molecule has 1 amide bonds. The van der Waals surface area contributed by atoms with Gasteiger partial charge in [0, 0.05) is 41.7 Å². The molecule has 3 aromatic rings. The van der Waals surface area contributed by atoms with Crippen LogP contribution in [0.3, 0.4) is 0 Å². The average Bonchev–Trinajstić information content (AvgIpc) is 2.84. The van der Waals surface area contributed by atoms with Crippen molar-refractivity contribution in [2.45, 2.75) is 19.8 Å². The van der Waals surface area contributed by atoms with Crippen LogP contribution in [0.25, 0.3) is 10.9 Å². The van der Waals surface area contributed by atoms with Crippen molar-refractivity contribution in [2.24, 2.45) is 0 Å². The van der Waals surface area contributed by atoms with Crippen LogP contribution in [0, 0.1) is 6.92 Å². The highest BCUT2D eigenvalue weighted by Gasteiger charge is 2.22. The maximum absolute atomic E-state index is 12.8.